The summed E-state index contributed by atoms with van der Waals surface area (Å²) in [5, 5.41) is 16.1. The van der Waals surface area contributed by atoms with Gasteiger partial charge in [0.05, 0.1) is 18.1 Å². The smallest absolute Gasteiger partial charge is 0.428 e. The minimum absolute atomic E-state index is 0.343. The number of hydrogen-bond acceptors (Lipinski definition) is 6. The SMILES string of the molecule is C[C@@H](CN1CCC2(CC1)OC(=O)NN=C2c1cc(C#N)ccc1Br)NC(=O)CCC(F)(F)F. The van der Waals surface area contributed by atoms with Crippen molar-refractivity contribution in [2.24, 2.45) is 5.10 Å². The van der Waals surface area contributed by atoms with Gasteiger partial charge in [0.2, 0.25) is 5.91 Å². The monoisotopic (exact) mass is 529 g/mol. The Balaban J connectivity index is 1.64. The highest BCUT2D eigenvalue weighted by Gasteiger charge is 2.46. The van der Waals surface area contributed by atoms with E-state index in [2.05, 4.69) is 37.8 Å². The number of carbonyl (C=O) groups is 2. The van der Waals surface area contributed by atoms with Crippen LogP contribution in [0.15, 0.2) is 27.8 Å². The van der Waals surface area contributed by atoms with Crippen molar-refractivity contribution in [3.8, 4) is 6.07 Å². The van der Waals surface area contributed by atoms with Crippen LogP contribution in [0, 0.1) is 11.3 Å². The van der Waals surface area contributed by atoms with Crippen LogP contribution in [-0.2, 0) is 9.53 Å². The van der Waals surface area contributed by atoms with Crippen LogP contribution >= 0.6 is 15.9 Å². The first-order chi connectivity index (χ1) is 15.5. The number of carbonyl (C=O) groups excluding carboxylic acids is 2. The first kappa shape index (κ1) is 25.0. The van der Waals surface area contributed by atoms with E-state index in [0.717, 1.165) is 0 Å². The molecule has 33 heavy (non-hydrogen) atoms. The highest BCUT2D eigenvalue weighted by atomic mass is 79.9. The molecule has 1 aromatic carbocycles. The summed E-state index contributed by atoms with van der Waals surface area (Å²) in [4.78, 5) is 25.8. The van der Waals surface area contributed by atoms with Crippen LogP contribution in [0.2, 0.25) is 0 Å². The molecule has 1 saturated heterocycles. The second-order valence-corrected chi connectivity index (χ2v) is 9.00. The molecule has 0 aliphatic carbocycles. The normalized spacial score (nSPS) is 19.2. The van der Waals surface area contributed by atoms with E-state index in [1.807, 2.05) is 4.90 Å². The number of piperidine rings is 1. The molecule has 0 radical (unpaired) electrons. The lowest BCUT2D eigenvalue weighted by Gasteiger charge is -2.43. The Bertz CT molecular complexity index is 984. The molecule has 1 fully saturated rings. The number of nitrogens with one attached hydrogen (secondary N) is 2. The number of halogens is 4. The maximum atomic E-state index is 12.3. The van der Waals surface area contributed by atoms with Gasteiger partial charge in [0.25, 0.3) is 0 Å². The number of nitriles is 1. The Hall–Kier alpha value is -2.65. The summed E-state index contributed by atoms with van der Waals surface area (Å²) >= 11 is 3.47. The van der Waals surface area contributed by atoms with Gasteiger partial charge in [-0.15, -0.1) is 0 Å². The van der Waals surface area contributed by atoms with Gasteiger partial charge < -0.3 is 15.0 Å². The lowest BCUT2D eigenvalue weighted by molar-refractivity contribution is -0.144. The molecule has 8 nitrogen and oxygen atoms in total. The molecule has 0 bridgehead atoms. The molecule has 2 N–H and O–H groups in total. The van der Waals surface area contributed by atoms with Gasteiger partial charge in [-0.1, -0.05) is 15.9 Å². The molecule has 3 rings (SSSR count). The molecule has 0 saturated carbocycles. The van der Waals surface area contributed by atoms with E-state index >= 15 is 0 Å². The van der Waals surface area contributed by atoms with Crippen LogP contribution in [0.5, 0.6) is 0 Å². The van der Waals surface area contributed by atoms with E-state index < -0.39 is 36.6 Å². The minimum Gasteiger partial charge on any atom is -0.435 e. The Kier molecular flexibility index (Phi) is 7.64. The van der Waals surface area contributed by atoms with E-state index in [-0.39, 0.29) is 6.04 Å². The van der Waals surface area contributed by atoms with E-state index in [4.69, 9.17) is 4.74 Å². The predicted molar refractivity (Wildman–Crippen MR) is 116 cm³/mol. The van der Waals surface area contributed by atoms with Crippen molar-refractivity contribution in [3.05, 3.63) is 33.8 Å². The number of hydrogen-bond donors (Lipinski definition) is 2. The summed E-state index contributed by atoms with van der Waals surface area (Å²) in [5.41, 5.74) is 2.96. The predicted octanol–water partition coefficient (Wildman–Crippen LogP) is 3.45. The van der Waals surface area contributed by atoms with E-state index in [9.17, 15) is 28.0 Å². The fourth-order valence-corrected chi connectivity index (χ4v) is 4.44. The third kappa shape index (κ3) is 6.45. The summed E-state index contributed by atoms with van der Waals surface area (Å²) in [6.45, 7) is 3.22. The second kappa shape index (κ2) is 10.1. The third-order valence-corrected chi connectivity index (χ3v) is 6.26. The maximum Gasteiger partial charge on any atom is 0.428 e. The lowest BCUT2D eigenvalue weighted by Crippen LogP contribution is -2.57. The molecule has 2 aliphatic rings. The Morgan fingerprint density at radius 3 is 2.76 bits per heavy atom. The summed E-state index contributed by atoms with van der Waals surface area (Å²) in [6, 6.07) is 6.82. The van der Waals surface area contributed by atoms with Crippen molar-refractivity contribution < 1.29 is 27.5 Å². The van der Waals surface area contributed by atoms with Gasteiger partial charge in [-0.05, 0) is 25.1 Å². The van der Waals surface area contributed by atoms with Gasteiger partial charge in [-0.2, -0.15) is 23.5 Å². The molecule has 2 amide bonds. The average molecular weight is 530 g/mol. The molecular formula is C21H23BrF3N5O3. The average Bonchev–Trinajstić information content (AvgIpc) is 2.74. The Labute approximate surface area is 197 Å². The maximum absolute atomic E-state index is 12.3. The van der Waals surface area contributed by atoms with E-state index in [0.29, 0.717) is 53.8 Å². The molecule has 1 atom stereocenters. The number of nitrogens with zero attached hydrogens (tertiary/aromatic N) is 3. The molecule has 1 spiro atoms. The van der Waals surface area contributed by atoms with Gasteiger partial charge in [-0.25, -0.2) is 10.2 Å². The zero-order valence-corrected chi connectivity index (χ0v) is 19.4. The van der Waals surface area contributed by atoms with Crippen molar-refractivity contribution in [3.63, 3.8) is 0 Å². The highest BCUT2D eigenvalue weighted by molar-refractivity contribution is 9.10. The summed E-state index contributed by atoms with van der Waals surface area (Å²) < 4.78 is 43.3. The van der Waals surface area contributed by atoms with Gasteiger partial charge in [0.15, 0.2) is 5.60 Å². The van der Waals surface area contributed by atoms with Gasteiger partial charge >= 0.3 is 12.3 Å². The van der Waals surface area contributed by atoms with Crippen LogP contribution in [0.4, 0.5) is 18.0 Å². The van der Waals surface area contributed by atoms with Crippen LogP contribution in [0.3, 0.4) is 0 Å². The van der Waals surface area contributed by atoms with Crippen molar-refractivity contribution >= 4 is 33.6 Å². The number of amides is 2. The fourth-order valence-electron chi connectivity index (χ4n) is 4.00. The molecule has 178 valence electrons. The highest BCUT2D eigenvalue weighted by Crippen LogP contribution is 2.35. The van der Waals surface area contributed by atoms with E-state index in [1.54, 1.807) is 25.1 Å². The lowest BCUT2D eigenvalue weighted by atomic mass is 9.82. The Morgan fingerprint density at radius 2 is 2.12 bits per heavy atom. The molecule has 2 aliphatic heterocycles. The minimum atomic E-state index is -4.37. The zero-order chi connectivity index (χ0) is 24.2. The van der Waals surface area contributed by atoms with Crippen molar-refractivity contribution in [1.82, 2.24) is 15.6 Å². The van der Waals surface area contributed by atoms with Crippen LogP contribution in [0.25, 0.3) is 0 Å². The molecule has 0 aromatic heterocycles. The second-order valence-electron chi connectivity index (χ2n) is 8.15. The van der Waals surface area contributed by atoms with Crippen LogP contribution in [0.1, 0.15) is 43.7 Å². The number of benzene rings is 1. The topological polar surface area (TPSA) is 107 Å². The van der Waals surface area contributed by atoms with Crippen molar-refractivity contribution in [2.45, 2.75) is 50.4 Å². The largest absolute Gasteiger partial charge is 0.435 e. The van der Waals surface area contributed by atoms with Gasteiger partial charge in [0.1, 0.15) is 5.71 Å². The first-order valence-electron chi connectivity index (χ1n) is 10.4. The number of rotatable bonds is 6. The Morgan fingerprint density at radius 1 is 1.42 bits per heavy atom. The third-order valence-electron chi connectivity index (χ3n) is 5.57. The molecule has 0 unspecified atom stereocenters. The van der Waals surface area contributed by atoms with Gasteiger partial charge in [0, 0.05) is 55.0 Å². The first-order valence-corrected chi connectivity index (χ1v) is 11.2. The number of hydrazone groups is 1. The van der Waals surface area contributed by atoms with E-state index in [1.165, 1.54) is 0 Å². The molecule has 12 heteroatoms. The fraction of sp³-hybridized carbons (Fsp3) is 0.524. The number of alkyl halides is 3. The number of likely N-dealkylation sites (tertiary alicyclic amines) is 1. The summed E-state index contributed by atoms with van der Waals surface area (Å²) in [5.74, 6) is -0.641. The molecular weight excluding hydrogens is 507 g/mol. The zero-order valence-electron chi connectivity index (χ0n) is 17.8. The standard InChI is InChI=1S/C21H23BrF3N5O3/c1-13(27-17(31)4-5-21(23,24)25)12-30-8-6-20(7-9-30)18(28-29-19(32)33-20)15-10-14(11-26)2-3-16(15)22/h2-3,10,13H,4-9,12H2,1H3,(H,27,31)(H,29,32)/t13-/m0/s1. The molecule has 1 aromatic rings. The summed E-state index contributed by atoms with van der Waals surface area (Å²) in [6.07, 6.45) is -5.92. The van der Waals surface area contributed by atoms with Crippen LogP contribution < -0.4 is 10.7 Å². The quantitative estimate of drug-likeness (QED) is 0.586. The van der Waals surface area contributed by atoms with Gasteiger partial charge in [-0.3, -0.25) is 4.79 Å². The number of ether oxygens (including phenoxy) is 1. The van der Waals surface area contributed by atoms with Crippen molar-refractivity contribution in [2.75, 3.05) is 19.6 Å². The summed E-state index contributed by atoms with van der Waals surface area (Å²) in [7, 11) is 0. The van der Waals surface area contributed by atoms with Crippen molar-refractivity contribution in [1.29, 1.82) is 5.26 Å². The van der Waals surface area contributed by atoms with Crippen LogP contribution in [-0.4, -0.2) is 60.1 Å². The molecule has 2 heterocycles.